The molecule has 0 saturated carbocycles. The summed E-state index contributed by atoms with van der Waals surface area (Å²) >= 11 is 0. The average Bonchev–Trinajstić information content (AvgIpc) is 2.70. The number of aromatic nitrogens is 1. The van der Waals surface area contributed by atoms with Gasteiger partial charge in [-0.1, -0.05) is 54.6 Å². The van der Waals surface area contributed by atoms with Crippen molar-refractivity contribution in [1.29, 1.82) is 0 Å². The van der Waals surface area contributed by atoms with Gasteiger partial charge in [0.1, 0.15) is 11.3 Å². The van der Waals surface area contributed by atoms with E-state index in [-0.39, 0.29) is 5.56 Å². The fourth-order valence-electron chi connectivity index (χ4n) is 3.15. The van der Waals surface area contributed by atoms with Crippen LogP contribution in [-0.2, 0) is 12.6 Å². The van der Waals surface area contributed by atoms with E-state index in [1.54, 1.807) is 35.3 Å². The zero-order valence-corrected chi connectivity index (χ0v) is 16.2. The molecule has 0 fully saturated rings. The predicted octanol–water partition coefficient (Wildman–Crippen LogP) is 5.02. The summed E-state index contributed by atoms with van der Waals surface area (Å²) in [5.74, 6) is -0.977. The monoisotopic (exact) mass is 454 g/mol. The van der Waals surface area contributed by atoms with E-state index >= 15 is 0 Å². The Morgan fingerprint density at radius 2 is 1.53 bits per heavy atom. The van der Waals surface area contributed by atoms with Crippen LogP contribution in [0.25, 0.3) is 0 Å². The van der Waals surface area contributed by atoms with Crippen LogP contribution in [0.2, 0.25) is 0 Å². The number of carbonyl (C=O) groups is 1. The molecule has 1 atom stereocenters. The highest BCUT2D eigenvalue weighted by Gasteiger charge is 2.32. The Kier molecular flexibility index (Phi) is 6.42. The standard InChI is InChI=1S/C22H16F6N2O2/c23-21(24,25)12-13-5-4-8-15(11-13)18(14-6-2-1-3-7-14)30-20(32)16-9-10-17(22(26,27)28)29-19(16)31/h1-11,18H,12H2,(H,29,31)(H,30,32). The van der Waals surface area contributed by atoms with Crippen molar-refractivity contribution in [3.8, 4) is 0 Å². The SMILES string of the molecule is O=C(NC(c1ccccc1)c1cccc(CC(F)(F)F)c1)c1ccc(C(F)(F)F)[nH]c1=O. The number of aromatic amines is 1. The first-order chi connectivity index (χ1) is 14.9. The molecule has 32 heavy (non-hydrogen) atoms. The number of H-pyrrole nitrogens is 1. The fraction of sp³-hybridized carbons (Fsp3) is 0.182. The lowest BCUT2D eigenvalue weighted by Crippen LogP contribution is -2.34. The van der Waals surface area contributed by atoms with E-state index in [9.17, 15) is 35.9 Å². The Morgan fingerprint density at radius 1 is 0.875 bits per heavy atom. The summed E-state index contributed by atoms with van der Waals surface area (Å²) < 4.78 is 76.7. The van der Waals surface area contributed by atoms with Crippen LogP contribution in [0.4, 0.5) is 26.3 Å². The topological polar surface area (TPSA) is 62.0 Å². The van der Waals surface area contributed by atoms with Crippen molar-refractivity contribution >= 4 is 5.91 Å². The molecule has 0 spiro atoms. The van der Waals surface area contributed by atoms with Gasteiger partial charge in [0.2, 0.25) is 0 Å². The number of pyridine rings is 1. The summed E-state index contributed by atoms with van der Waals surface area (Å²) in [6.07, 6.45) is -10.4. The van der Waals surface area contributed by atoms with Gasteiger partial charge in [0, 0.05) is 0 Å². The van der Waals surface area contributed by atoms with Crippen LogP contribution in [0.5, 0.6) is 0 Å². The minimum absolute atomic E-state index is 0.0300. The number of hydrogen-bond donors (Lipinski definition) is 2. The van der Waals surface area contributed by atoms with E-state index in [2.05, 4.69) is 5.32 Å². The van der Waals surface area contributed by atoms with Crippen molar-refractivity contribution in [1.82, 2.24) is 10.3 Å². The first kappa shape index (κ1) is 23.1. The Labute approximate surface area is 177 Å². The van der Waals surface area contributed by atoms with Crippen LogP contribution in [0.3, 0.4) is 0 Å². The van der Waals surface area contributed by atoms with E-state index in [0.717, 1.165) is 6.07 Å². The molecule has 2 N–H and O–H groups in total. The smallest absolute Gasteiger partial charge is 0.341 e. The molecule has 0 bridgehead atoms. The Hall–Kier alpha value is -3.56. The fourth-order valence-corrected chi connectivity index (χ4v) is 3.15. The normalized spacial score (nSPS) is 12.9. The van der Waals surface area contributed by atoms with Crippen LogP contribution in [0, 0.1) is 0 Å². The van der Waals surface area contributed by atoms with Crippen molar-refractivity contribution in [3.05, 3.63) is 105 Å². The molecule has 1 heterocycles. The van der Waals surface area contributed by atoms with Crippen molar-refractivity contribution in [2.45, 2.75) is 24.8 Å². The number of halogens is 6. The Bertz CT molecular complexity index is 1150. The summed E-state index contributed by atoms with van der Waals surface area (Å²) in [4.78, 5) is 26.4. The lowest BCUT2D eigenvalue weighted by molar-refractivity contribution is -0.141. The van der Waals surface area contributed by atoms with E-state index in [1.807, 2.05) is 0 Å². The third-order valence-electron chi connectivity index (χ3n) is 4.56. The minimum Gasteiger partial charge on any atom is -0.341 e. The third-order valence-corrected chi connectivity index (χ3v) is 4.56. The molecule has 3 rings (SSSR count). The minimum atomic E-state index is -4.79. The third kappa shape index (κ3) is 5.77. The van der Waals surface area contributed by atoms with E-state index in [0.29, 0.717) is 17.2 Å². The van der Waals surface area contributed by atoms with E-state index in [1.165, 1.54) is 24.3 Å². The molecule has 2 aromatic carbocycles. The van der Waals surface area contributed by atoms with Gasteiger partial charge < -0.3 is 10.3 Å². The van der Waals surface area contributed by atoms with Crippen LogP contribution < -0.4 is 10.9 Å². The summed E-state index contributed by atoms with van der Waals surface area (Å²) in [6.45, 7) is 0. The number of alkyl halides is 6. The van der Waals surface area contributed by atoms with Gasteiger partial charge in [-0.2, -0.15) is 26.3 Å². The molecule has 1 amide bonds. The van der Waals surface area contributed by atoms with E-state index < -0.39 is 47.5 Å². The van der Waals surface area contributed by atoms with Gasteiger partial charge in [0.15, 0.2) is 0 Å². The number of benzene rings is 2. The van der Waals surface area contributed by atoms with E-state index in [4.69, 9.17) is 0 Å². The van der Waals surface area contributed by atoms with Gasteiger partial charge in [-0.25, -0.2) is 0 Å². The maximum Gasteiger partial charge on any atom is 0.431 e. The highest BCUT2D eigenvalue weighted by Crippen LogP contribution is 2.28. The lowest BCUT2D eigenvalue weighted by Gasteiger charge is -2.21. The summed E-state index contributed by atoms with van der Waals surface area (Å²) in [6, 6.07) is 14.1. The molecule has 0 aliphatic heterocycles. The highest BCUT2D eigenvalue weighted by molar-refractivity contribution is 5.94. The number of rotatable bonds is 5. The average molecular weight is 454 g/mol. The molecule has 1 unspecified atom stereocenters. The highest BCUT2D eigenvalue weighted by atomic mass is 19.4. The molecule has 4 nitrogen and oxygen atoms in total. The number of carbonyl (C=O) groups excluding carboxylic acids is 1. The van der Waals surface area contributed by atoms with Crippen molar-refractivity contribution in [2.24, 2.45) is 0 Å². The maximum absolute atomic E-state index is 12.8. The largest absolute Gasteiger partial charge is 0.431 e. The molecule has 168 valence electrons. The van der Waals surface area contributed by atoms with Crippen LogP contribution >= 0.6 is 0 Å². The van der Waals surface area contributed by atoms with Crippen LogP contribution in [0.1, 0.15) is 38.8 Å². The maximum atomic E-state index is 12.8. The summed E-state index contributed by atoms with van der Waals surface area (Å²) in [5, 5.41) is 2.53. The summed E-state index contributed by atoms with van der Waals surface area (Å²) in [5.41, 5.74) is -2.32. The van der Waals surface area contributed by atoms with Gasteiger partial charge in [-0.15, -0.1) is 0 Å². The molecule has 0 radical (unpaired) electrons. The molecular weight excluding hydrogens is 438 g/mol. The zero-order chi connectivity index (χ0) is 23.5. The van der Waals surface area contributed by atoms with Crippen molar-refractivity contribution in [2.75, 3.05) is 0 Å². The molecule has 10 heteroatoms. The zero-order valence-electron chi connectivity index (χ0n) is 16.2. The van der Waals surface area contributed by atoms with Gasteiger partial charge in [0.25, 0.3) is 11.5 Å². The summed E-state index contributed by atoms with van der Waals surface area (Å²) in [7, 11) is 0. The Balaban J connectivity index is 1.96. The quantitative estimate of drug-likeness (QED) is 0.532. The molecule has 0 aliphatic carbocycles. The van der Waals surface area contributed by atoms with Crippen LogP contribution in [-0.4, -0.2) is 17.1 Å². The number of amides is 1. The second-order valence-electron chi connectivity index (χ2n) is 6.97. The molecular formula is C22H16F6N2O2. The van der Waals surface area contributed by atoms with Crippen LogP contribution in [0.15, 0.2) is 71.5 Å². The van der Waals surface area contributed by atoms with Gasteiger partial charge in [-0.05, 0) is 28.8 Å². The first-order valence-corrected chi connectivity index (χ1v) is 9.26. The number of hydrogen-bond acceptors (Lipinski definition) is 2. The molecule has 3 aromatic rings. The molecule has 0 saturated heterocycles. The van der Waals surface area contributed by atoms with Gasteiger partial charge in [-0.3, -0.25) is 9.59 Å². The Morgan fingerprint density at radius 3 is 2.12 bits per heavy atom. The lowest BCUT2D eigenvalue weighted by atomic mass is 9.96. The molecule has 1 aromatic heterocycles. The van der Waals surface area contributed by atoms with Gasteiger partial charge in [0.05, 0.1) is 12.5 Å². The van der Waals surface area contributed by atoms with Gasteiger partial charge >= 0.3 is 12.4 Å². The predicted molar refractivity (Wildman–Crippen MR) is 104 cm³/mol. The van der Waals surface area contributed by atoms with Crippen molar-refractivity contribution < 1.29 is 31.1 Å². The number of nitrogens with one attached hydrogen (secondary N) is 2. The van der Waals surface area contributed by atoms with Crippen molar-refractivity contribution in [3.63, 3.8) is 0 Å². The second kappa shape index (κ2) is 8.89. The second-order valence-corrected chi connectivity index (χ2v) is 6.97. The molecule has 0 aliphatic rings. The first-order valence-electron chi connectivity index (χ1n) is 9.26.